The number of hydrogen-bond acceptors (Lipinski definition) is 8. The molecule has 0 saturated heterocycles. The lowest BCUT2D eigenvalue weighted by molar-refractivity contribution is -0.385. The maximum Gasteiger partial charge on any atom is 0.343 e. The number of aryl methyl sites for hydroxylation is 1. The Balaban J connectivity index is 1.97. The third-order valence-corrected chi connectivity index (χ3v) is 3.77. The van der Waals surface area contributed by atoms with Crippen molar-refractivity contribution in [2.45, 2.75) is 13.5 Å². The molecular weight excluding hydrogens is 356 g/mol. The van der Waals surface area contributed by atoms with Crippen LogP contribution in [0.25, 0.3) is 11.4 Å². The van der Waals surface area contributed by atoms with E-state index >= 15 is 0 Å². The van der Waals surface area contributed by atoms with Crippen LogP contribution >= 0.6 is 0 Å². The van der Waals surface area contributed by atoms with E-state index in [4.69, 9.17) is 4.52 Å². The molecule has 0 saturated carbocycles. The molecule has 0 aliphatic carbocycles. The smallest absolute Gasteiger partial charge is 0.343 e. The van der Waals surface area contributed by atoms with Gasteiger partial charge in [-0.25, -0.2) is 4.79 Å². The van der Waals surface area contributed by atoms with Crippen molar-refractivity contribution in [2.24, 2.45) is 0 Å². The van der Waals surface area contributed by atoms with Crippen molar-refractivity contribution in [3.05, 3.63) is 74.0 Å². The topological polar surface area (TPSA) is 130 Å². The predicted octanol–water partition coefficient (Wildman–Crippen LogP) is 1.95. The second kappa shape index (κ2) is 7.20. The number of pyridine rings is 1. The first-order valence-corrected chi connectivity index (χ1v) is 7.76. The van der Waals surface area contributed by atoms with Crippen LogP contribution in [0.2, 0.25) is 0 Å². The summed E-state index contributed by atoms with van der Waals surface area (Å²) in [6.07, 6.45) is 1.00. The summed E-state index contributed by atoms with van der Waals surface area (Å²) >= 11 is 0. The number of rotatable bonds is 5. The van der Waals surface area contributed by atoms with E-state index in [0.717, 1.165) is 35.1 Å². The number of esters is 1. The van der Waals surface area contributed by atoms with Crippen molar-refractivity contribution in [3.63, 3.8) is 0 Å². The fourth-order valence-electron chi connectivity index (χ4n) is 2.38. The molecule has 27 heavy (non-hydrogen) atoms. The number of hydrogen-bond donors (Lipinski definition) is 0. The van der Waals surface area contributed by atoms with Crippen LogP contribution in [0.3, 0.4) is 0 Å². The van der Waals surface area contributed by atoms with Gasteiger partial charge >= 0.3 is 5.97 Å². The highest BCUT2D eigenvalue weighted by molar-refractivity contribution is 5.89. The Labute approximate surface area is 152 Å². The third-order valence-electron chi connectivity index (χ3n) is 3.77. The van der Waals surface area contributed by atoms with Crippen LogP contribution in [-0.4, -0.2) is 32.7 Å². The van der Waals surface area contributed by atoms with E-state index in [-0.39, 0.29) is 12.4 Å². The van der Waals surface area contributed by atoms with Gasteiger partial charge in [-0.05, 0) is 6.92 Å². The molecule has 0 unspecified atom stereocenters. The molecule has 2 aromatic heterocycles. The number of nitrogens with zero attached hydrogens (tertiary/aromatic N) is 4. The van der Waals surface area contributed by atoms with Crippen molar-refractivity contribution in [1.82, 2.24) is 14.7 Å². The van der Waals surface area contributed by atoms with Crippen LogP contribution in [-0.2, 0) is 11.3 Å². The van der Waals surface area contributed by atoms with Crippen LogP contribution in [0.1, 0.15) is 21.8 Å². The molecule has 0 aliphatic rings. The Hall–Kier alpha value is -3.82. The van der Waals surface area contributed by atoms with Crippen LogP contribution in [0.5, 0.6) is 0 Å². The largest absolute Gasteiger partial charge is 0.465 e. The maximum atomic E-state index is 12.4. The predicted molar refractivity (Wildman–Crippen MR) is 92.3 cm³/mol. The Bertz CT molecular complexity index is 1070. The maximum absolute atomic E-state index is 12.4. The number of benzene rings is 1. The van der Waals surface area contributed by atoms with Crippen molar-refractivity contribution in [1.29, 1.82) is 0 Å². The van der Waals surface area contributed by atoms with Gasteiger partial charge in [0.2, 0.25) is 11.7 Å². The highest BCUT2D eigenvalue weighted by Crippen LogP contribution is 2.17. The summed E-state index contributed by atoms with van der Waals surface area (Å²) in [5, 5.41) is 14.9. The summed E-state index contributed by atoms with van der Waals surface area (Å²) in [6.45, 7) is 1.71. The summed E-state index contributed by atoms with van der Waals surface area (Å²) in [5.74, 6) is -0.594. The molecule has 0 spiro atoms. The van der Waals surface area contributed by atoms with Crippen LogP contribution in [0.15, 0.2) is 45.8 Å². The molecule has 0 N–H and O–H groups in total. The normalized spacial score (nSPS) is 10.6. The molecule has 10 heteroatoms. The quantitative estimate of drug-likeness (QED) is 0.378. The molecule has 1 aromatic carbocycles. The Morgan fingerprint density at radius 2 is 2.04 bits per heavy atom. The molecule has 0 radical (unpaired) electrons. The van der Waals surface area contributed by atoms with Gasteiger partial charge < -0.3 is 9.26 Å². The summed E-state index contributed by atoms with van der Waals surface area (Å²) in [7, 11) is 1.08. The number of carbonyl (C=O) groups is 1. The van der Waals surface area contributed by atoms with Crippen molar-refractivity contribution >= 4 is 11.7 Å². The summed E-state index contributed by atoms with van der Waals surface area (Å²) in [6, 6.07) is 8.28. The van der Waals surface area contributed by atoms with Gasteiger partial charge in [0.15, 0.2) is 0 Å². The van der Waals surface area contributed by atoms with Crippen molar-refractivity contribution < 1.29 is 19.0 Å². The van der Waals surface area contributed by atoms with Crippen molar-refractivity contribution in [3.8, 4) is 11.4 Å². The average Bonchev–Trinajstić information content (AvgIpc) is 3.11. The monoisotopic (exact) mass is 370 g/mol. The molecule has 0 fully saturated rings. The van der Waals surface area contributed by atoms with E-state index in [1.807, 2.05) is 31.2 Å². The van der Waals surface area contributed by atoms with Gasteiger partial charge in [0.25, 0.3) is 11.2 Å². The molecule has 138 valence electrons. The zero-order chi connectivity index (χ0) is 19.6. The lowest BCUT2D eigenvalue weighted by Crippen LogP contribution is -2.27. The zero-order valence-electron chi connectivity index (χ0n) is 14.4. The van der Waals surface area contributed by atoms with Gasteiger partial charge in [0.1, 0.15) is 12.1 Å². The molecule has 3 aromatic rings. The molecular formula is C17H14N4O6. The molecule has 0 aliphatic heterocycles. The van der Waals surface area contributed by atoms with E-state index < -0.39 is 27.7 Å². The second-order valence-electron chi connectivity index (χ2n) is 5.67. The number of carbonyl (C=O) groups excluding carboxylic acids is 1. The minimum atomic E-state index is -0.969. The highest BCUT2D eigenvalue weighted by atomic mass is 16.6. The van der Waals surface area contributed by atoms with Crippen LogP contribution < -0.4 is 5.56 Å². The third kappa shape index (κ3) is 3.73. The van der Waals surface area contributed by atoms with Gasteiger partial charge in [-0.3, -0.25) is 19.5 Å². The first-order chi connectivity index (χ1) is 12.9. The molecule has 0 atom stereocenters. The van der Waals surface area contributed by atoms with Gasteiger partial charge in [0, 0.05) is 11.6 Å². The summed E-state index contributed by atoms with van der Waals surface area (Å²) < 4.78 is 10.6. The second-order valence-corrected chi connectivity index (χ2v) is 5.67. The van der Waals surface area contributed by atoms with Gasteiger partial charge in [-0.2, -0.15) is 4.98 Å². The van der Waals surface area contributed by atoms with Crippen LogP contribution in [0.4, 0.5) is 5.69 Å². The minimum Gasteiger partial charge on any atom is -0.465 e. The highest BCUT2D eigenvalue weighted by Gasteiger charge is 2.21. The Morgan fingerprint density at radius 1 is 1.33 bits per heavy atom. The van der Waals surface area contributed by atoms with Crippen LogP contribution in [0, 0.1) is 17.0 Å². The van der Waals surface area contributed by atoms with E-state index in [1.165, 1.54) is 0 Å². The number of nitro groups is 1. The van der Waals surface area contributed by atoms with E-state index in [2.05, 4.69) is 14.9 Å². The fourth-order valence-corrected chi connectivity index (χ4v) is 2.38. The van der Waals surface area contributed by atoms with Gasteiger partial charge in [-0.15, -0.1) is 0 Å². The first kappa shape index (κ1) is 18.0. The molecule has 2 heterocycles. The van der Waals surface area contributed by atoms with E-state index in [0.29, 0.717) is 5.82 Å². The number of methoxy groups -OCH3 is 1. The molecule has 0 bridgehead atoms. The Morgan fingerprint density at radius 3 is 2.67 bits per heavy atom. The molecule has 3 rings (SSSR count). The molecule has 10 nitrogen and oxygen atoms in total. The van der Waals surface area contributed by atoms with Crippen molar-refractivity contribution in [2.75, 3.05) is 7.11 Å². The average molecular weight is 370 g/mol. The molecule has 0 amide bonds. The van der Waals surface area contributed by atoms with Gasteiger partial charge in [0.05, 0.1) is 18.2 Å². The van der Waals surface area contributed by atoms with E-state index in [1.54, 1.807) is 0 Å². The summed E-state index contributed by atoms with van der Waals surface area (Å²) in [4.78, 5) is 38.7. The fraction of sp³-hybridized carbons (Fsp3) is 0.176. The standard InChI is InChI=1S/C17H14N4O6/c1-10-3-5-11(6-4-10)15-18-14(27-19-15)9-20-8-12(21(24)25)7-13(16(20)22)17(23)26-2/h3-8H,9H2,1-2H3. The number of ether oxygens (including phenoxy) is 1. The first-order valence-electron chi connectivity index (χ1n) is 7.76. The zero-order valence-corrected chi connectivity index (χ0v) is 14.4. The lowest BCUT2D eigenvalue weighted by Gasteiger charge is -2.05. The lowest BCUT2D eigenvalue weighted by atomic mass is 10.1. The van der Waals surface area contributed by atoms with Gasteiger partial charge in [-0.1, -0.05) is 35.0 Å². The minimum absolute atomic E-state index is 0.0592. The van der Waals surface area contributed by atoms with E-state index in [9.17, 15) is 19.7 Å². The number of aromatic nitrogens is 3. The Kier molecular flexibility index (Phi) is 4.79. The summed E-state index contributed by atoms with van der Waals surface area (Å²) in [5.41, 5.74) is 0.138. The SMILES string of the molecule is COC(=O)c1cc([N+](=O)[O-])cn(Cc2nc(-c3ccc(C)cc3)no2)c1=O.